The van der Waals surface area contributed by atoms with Crippen molar-refractivity contribution in [1.82, 2.24) is 5.32 Å². The summed E-state index contributed by atoms with van der Waals surface area (Å²) >= 11 is 1.54. The van der Waals surface area contributed by atoms with Crippen LogP contribution in [0.3, 0.4) is 0 Å². The maximum atomic E-state index is 12.5. The predicted octanol–water partition coefficient (Wildman–Crippen LogP) is 3.72. The molecule has 1 heterocycles. The van der Waals surface area contributed by atoms with Gasteiger partial charge in [-0.05, 0) is 30.7 Å². The van der Waals surface area contributed by atoms with Gasteiger partial charge in [-0.25, -0.2) is 0 Å². The Morgan fingerprint density at radius 1 is 1.08 bits per heavy atom. The Kier molecular flexibility index (Phi) is 5.96. The summed E-state index contributed by atoms with van der Waals surface area (Å²) in [5.41, 5.74) is 2.07. The van der Waals surface area contributed by atoms with Crippen LogP contribution < -0.4 is 10.6 Å². The zero-order valence-corrected chi connectivity index (χ0v) is 15.2. The monoisotopic (exact) mass is 368 g/mol. The molecule has 5 nitrogen and oxygen atoms in total. The molecule has 2 aromatic rings. The minimum Gasteiger partial charge on any atom is -0.487 e. The van der Waals surface area contributed by atoms with E-state index >= 15 is 0 Å². The molecule has 0 radical (unpaired) electrons. The minimum atomic E-state index is -0.313. The summed E-state index contributed by atoms with van der Waals surface area (Å²) in [7, 11) is 0. The van der Waals surface area contributed by atoms with Crippen molar-refractivity contribution < 1.29 is 14.3 Å². The van der Waals surface area contributed by atoms with Crippen LogP contribution in [0.5, 0.6) is 0 Å². The van der Waals surface area contributed by atoms with E-state index in [9.17, 15) is 9.59 Å². The number of benzene rings is 2. The number of anilines is 1. The zero-order chi connectivity index (χ0) is 18.4. The van der Waals surface area contributed by atoms with E-state index in [1.54, 1.807) is 41.4 Å². The van der Waals surface area contributed by atoms with Crippen LogP contribution >= 0.6 is 11.8 Å². The van der Waals surface area contributed by atoms with Crippen LogP contribution in [0.2, 0.25) is 0 Å². The number of carbonyl (C=O) groups excluding carboxylic acids is 2. The second kappa shape index (κ2) is 8.58. The number of nitrogens with one attached hydrogen (secondary N) is 2. The van der Waals surface area contributed by atoms with Gasteiger partial charge in [-0.2, -0.15) is 0 Å². The standard InChI is InChI=1S/C20H20N2O3S/c1-14(15-6-3-2-4-7-15)21-19(23)16-8-5-9-17(12-16)22-20(24)18-13-26-11-10-25-18/h2-9,12-14H,10-11H2,1H3,(H,21,23)(H,22,24)/t14-/m0/s1. The van der Waals surface area contributed by atoms with Crippen LogP contribution in [0, 0.1) is 0 Å². The fourth-order valence-electron chi connectivity index (χ4n) is 2.52. The van der Waals surface area contributed by atoms with Crippen molar-refractivity contribution in [2.75, 3.05) is 17.7 Å². The van der Waals surface area contributed by atoms with Gasteiger partial charge >= 0.3 is 0 Å². The number of rotatable bonds is 5. The van der Waals surface area contributed by atoms with Crippen LogP contribution in [0.1, 0.15) is 28.9 Å². The molecule has 1 atom stereocenters. The SMILES string of the molecule is C[C@H](NC(=O)c1cccc(NC(=O)C2=CSCCO2)c1)c1ccccc1. The Hall–Kier alpha value is -2.73. The Morgan fingerprint density at radius 2 is 1.88 bits per heavy atom. The highest BCUT2D eigenvalue weighted by molar-refractivity contribution is 8.02. The van der Waals surface area contributed by atoms with E-state index < -0.39 is 0 Å². The van der Waals surface area contributed by atoms with Gasteiger partial charge in [-0.1, -0.05) is 36.4 Å². The summed E-state index contributed by atoms with van der Waals surface area (Å²) in [5, 5.41) is 7.44. The summed E-state index contributed by atoms with van der Waals surface area (Å²) in [6, 6.07) is 16.5. The lowest BCUT2D eigenvalue weighted by molar-refractivity contribution is -0.116. The highest BCUT2D eigenvalue weighted by Gasteiger charge is 2.16. The predicted molar refractivity (Wildman–Crippen MR) is 104 cm³/mol. The Bertz CT molecular complexity index is 821. The molecule has 1 aliphatic rings. The Balaban J connectivity index is 1.65. The van der Waals surface area contributed by atoms with Gasteiger partial charge in [0.05, 0.1) is 12.6 Å². The molecule has 2 N–H and O–H groups in total. The smallest absolute Gasteiger partial charge is 0.291 e. The molecule has 0 saturated carbocycles. The average Bonchev–Trinajstić information content (AvgIpc) is 2.69. The van der Waals surface area contributed by atoms with Gasteiger partial charge in [0.2, 0.25) is 0 Å². The van der Waals surface area contributed by atoms with E-state index in [0.29, 0.717) is 23.6 Å². The first-order valence-corrected chi connectivity index (χ1v) is 9.40. The quantitative estimate of drug-likeness (QED) is 0.844. The van der Waals surface area contributed by atoms with Gasteiger partial charge in [0.15, 0.2) is 5.76 Å². The van der Waals surface area contributed by atoms with Crippen LogP contribution in [-0.2, 0) is 9.53 Å². The van der Waals surface area contributed by atoms with Crippen LogP contribution in [0.25, 0.3) is 0 Å². The second-order valence-electron chi connectivity index (χ2n) is 5.84. The molecule has 6 heteroatoms. The first kappa shape index (κ1) is 18.1. The number of hydrogen-bond acceptors (Lipinski definition) is 4. The fourth-order valence-corrected chi connectivity index (χ4v) is 3.15. The van der Waals surface area contributed by atoms with E-state index in [2.05, 4.69) is 10.6 Å². The van der Waals surface area contributed by atoms with E-state index in [-0.39, 0.29) is 17.9 Å². The van der Waals surface area contributed by atoms with Crippen molar-refractivity contribution in [3.8, 4) is 0 Å². The fraction of sp³-hybridized carbons (Fsp3) is 0.200. The van der Waals surface area contributed by atoms with Crippen molar-refractivity contribution >= 4 is 29.3 Å². The highest BCUT2D eigenvalue weighted by Crippen LogP contribution is 2.18. The van der Waals surface area contributed by atoms with Gasteiger partial charge in [-0.3, -0.25) is 9.59 Å². The topological polar surface area (TPSA) is 67.4 Å². The minimum absolute atomic E-state index is 0.111. The third-order valence-corrected chi connectivity index (χ3v) is 4.69. The molecule has 0 spiro atoms. The largest absolute Gasteiger partial charge is 0.487 e. The number of ether oxygens (including phenoxy) is 1. The maximum Gasteiger partial charge on any atom is 0.291 e. The van der Waals surface area contributed by atoms with Crippen molar-refractivity contribution in [3.05, 3.63) is 76.9 Å². The van der Waals surface area contributed by atoms with Gasteiger partial charge in [0.1, 0.15) is 0 Å². The molecule has 0 saturated heterocycles. The van der Waals surface area contributed by atoms with Crippen molar-refractivity contribution in [2.24, 2.45) is 0 Å². The lowest BCUT2D eigenvalue weighted by Crippen LogP contribution is -2.26. The second-order valence-corrected chi connectivity index (χ2v) is 6.82. The van der Waals surface area contributed by atoms with Gasteiger partial charge in [-0.15, -0.1) is 11.8 Å². The van der Waals surface area contributed by atoms with Gasteiger partial charge < -0.3 is 15.4 Å². The summed E-state index contributed by atoms with van der Waals surface area (Å²) < 4.78 is 5.34. The summed E-state index contributed by atoms with van der Waals surface area (Å²) in [4.78, 5) is 24.7. The summed E-state index contributed by atoms with van der Waals surface area (Å²) in [6.45, 7) is 2.45. The molecular formula is C20H20N2O3S. The van der Waals surface area contributed by atoms with E-state index in [1.165, 1.54) is 0 Å². The maximum absolute atomic E-state index is 12.5. The van der Waals surface area contributed by atoms with Crippen LogP contribution in [-0.4, -0.2) is 24.2 Å². The Labute approximate surface area is 156 Å². The zero-order valence-electron chi connectivity index (χ0n) is 14.4. The van der Waals surface area contributed by atoms with Gasteiger partial charge in [0.25, 0.3) is 11.8 Å². The molecule has 26 heavy (non-hydrogen) atoms. The molecular weight excluding hydrogens is 348 g/mol. The first-order valence-electron chi connectivity index (χ1n) is 8.35. The molecule has 2 amide bonds. The molecule has 0 bridgehead atoms. The number of amides is 2. The van der Waals surface area contributed by atoms with Crippen LogP contribution in [0.4, 0.5) is 5.69 Å². The summed E-state index contributed by atoms with van der Waals surface area (Å²) in [5.74, 6) is 0.633. The van der Waals surface area contributed by atoms with Crippen molar-refractivity contribution in [2.45, 2.75) is 13.0 Å². The molecule has 0 fully saturated rings. The number of hydrogen-bond donors (Lipinski definition) is 2. The molecule has 134 valence electrons. The Morgan fingerprint density at radius 3 is 2.62 bits per heavy atom. The lowest BCUT2D eigenvalue weighted by atomic mass is 10.1. The molecule has 0 aliphatic carbocycles. The molecule has 1 aliphatic heterocycles. The third kappa shape index (κ3) is 4.67. The summed E-state index contributed by atoms with van der Waals surface area (Å²) in [6.07, 6.45) is 0. The van der Waals surface area contributed by atoms with E-state index in [4.69, 9.17) is 4.74 Å². The van der Waals surface area contributed by atoms with Crippen LogP contribution in [0.15, 0.2) is 65.8 Å². The number of thioether (sulfide) groups is 1. The van der Waals surface area contributed by atoms with E-state index in [0.717, 1.165) is 11.3 Å². The highest BCUT2D eigenvalue weighted by atomic mass is 32.2. The lowest BCUT2D eigenvalue weighted by Gasteiger charge is -2.16. The van der Waals surface area contributed by atoms with Gasteiger partial charge in [0, 0.05) is 22.4 Å². The number of carbonyl (C=O) groups is 2. The normalized spacial score (nSPS) is 14.6. The molecule has 0 unspecified atom stereocenters. The van der Waals surface area contributed by atoms with Crippen molar-refractivity contribution in [1.29, 1.82) is 0 Å². The molecule has 2 aromatic carbocycles. The first-order chi connectivity index (χ1) is 12.6. The third-order valence-electron chi connectivity index (χ3n) is 3.90. The molecule has 0 aromatic heterocycles. The van der Waals surface area contributed by atoms with E-state index in [1.807, 2.05) is 37.3 Å². The average molecular weight is 368 g/mol. The van der Waals surface area contributed by atoms with Crippen molar-refractivity contribution in [3.63, 3.8) is 0 Å². The molecule has 3 rings (SSSR count).